The van der Waals surface area contributed by atoms with Crippen LogP contribution in [0.2, 0.25) is 0 Å². The van der Waals surface area contributed by atoms with E-state index in [4.69, 9.17) is 5.11 Å². The van der Waals surface area contributed by atoms with Crippen LogP contribution in [0.3, 0.4) is 0 Å². The maximum Gasteiger partial charge on any atom is 0.337 e. The highest BCUT2D eigenvalue weighted by Gasteiger charge is 2.24. The molecule has 1 aromatic rings. The average Bonchev–Trinajstić information content (AvgIpc) is 2.27. The van der Waals surface area contributed by atoms with Gasteiger partial charge in [0.05, 0.1) is 10.5 Å². The number of rotatable bonds is 4. The lowest BCUT2D eigenvalue weighted by molar-refractivity contribution is 0.0692. The summed E-state index contributed by atoms with van der Waals surface area (Å²) in [6, 6.07) is 5.57. The van der Waals surface area contributed by atoms with Gasteiger partial charge >= 0.3 is 5.97 Å². The van der Waals surface area contributed by atoms with Gasteiger partial charge in [-0.15, -0.1) is 0 Å². The van der Waals surface area contributed by atoms with Crippen molar-refractivity contribution in [3.05, 3.63) is 29.8 Å². The first kappa shape index (κ1) is 12.7. The van der Waals surface area contributed by atoms with E-state index in [1.54, 1.807) is 6.92 Å². The Hall–Kier alpha value is -1.40. The van der Waals surface area contributed by atoms with Crippen molar-refractivity contribution in [3.8, 4) is 0 Å². The second-order valence-electron chi connectivity index (χ2n) is 3.22. The number of aromatic carboxylic acids is 1. The molecule has 16 heavy (non-hydrogen) atoms. The van der Waals surface area contributed by atoms with Crippen molar-refractivity contribution in [3.63, 3.8) is 0 Å². The predicted octanol–water partition coefficient (Wildman–Crippen LogP) is 1.03. The summed E-state index contributed by atoms with van der Waals surface area (Å²) in [5, 5.41) is 8.90. The Kier molecular flexibility index (Phi) is 3.66. The largest absolute Gasteiger partial charge is 0.478 e. The van der Waals surface area contributed by atoms with Crippen LogP contribution in [-0.4, -0.2) is 37.4 Å². The minimum absolute atomic E-state index is 0.174. The summed E-state index contributed by atoms with van der Waals surface area (Å²) in [5.74, 6) is -1.25. The average molecular weight is 243 g/mol. The van der Waals surface area contributed by atoms with E-state index in [0.717, 1.165) is 4.31 Å². The molecule has 6 heteroatoms. The molecule has 0 atom stereocenters. The second-order valence-corrected chi connectivity index (χ2v) is 5.23. The van der Waals surface area contributed by atoms with E-state index in [1.807, 2.05) is 0 Å². The standard InChI is InChI=1S/C10H13NO4S/c1-3-11(2)16(14,15)9-7-5-4-6-8(9)10(12)13/h4-7H,3H2,1-2H3,(H,12,13). The van der Waals surface area contributed by atoms with Crippen molar-refractivity contribution in [2.24, 2.45) is 0 Å². The van der Waals surface area contributed by atoms with E-state index >= 15 is 0 Å². The molecule has 0 unspecified atom stereocenters. The normalized spacial score (nSPS) is 11.7. The molecule has 0 bridgehead atoms. The summed E-state index contributed by atoms with van der Waals surface area (Å²) in [5.41, 5.74) is -0.206. The van der Waals surface area contributed by atoms with Gasteiger partial charge in [-0.2, -0.15) is 0 Å². The Balaban J connectivity index is 3.39. The number of carboxylic acid groups (broad SMARTS) is 1. The van der Waals surface area contributed by atoms with Crippen molar-refractivity contribution in [2.45, 2.75) is 11.8 Å². The number of hydrogen-bond acceptors (Lipinski definition) is 3. The van der Waals surface area contributed by atoms with Gasteiger partial charge in [0.15, 0.2) is 0 Å². The summed E-state index contributed by atoms with van der Waals surface area (Å²) in [6.07, 6.45) is 0. The second kappa shape index (κ2) is 4.63. The van der Waals surface area contributed by atoms with Gasteiger partial charge < -0.3 is 5.11 Å². The molecule has 0 saturated heterocycles. The number of nitrogens with zero attached hydrogens (tertiary/aromatic N) is 1. The molecule has 1 aromatic carbocycles. The van der Waals surface area contributed by atoms with Gasteiger partial charge in [0.2, 0.25) is 10.0 Å². The highest BCUT2D eigenvalue weighted by Crippen LogP contribution is 2.18. The molecular weight excluding hydrogens is 230 g/mol. The van der Waals surface area contributed by atoms with Crippen LogP contribution in [0.4, 0.5) is 0 Å². The SMILES string of the molecule is CCN(C)S(=O)(=O)c1ccccc1C(=O)O. The zero-order valence-corrected chi connectivity index (χ0v) is 9.86. The topological polar surface area (TPSA) is 74.7 Å². The first-order chi connectivity index (χ1) is 7.41. The van der Waals surface area contributed by atoms with Crippen LogP contribution in [-0.2, 0) is 10.0 Å². The molecule has 0 radical (unpaired) electrons. The molecule has 5 nitrogen and oxygen atoms in total. The van der Waals surface area contributed by atoms with Crippen molar-refractivity contribution < 1.29 is 18.3 Å². The third-order valence-electron chi connectivity index (χ3n) is 2.25. The minimum Gasteiger partial charge on any atom is -0.478 e. The summed E-state index contributed by atoms with van der Waals surface area (Å²) in [4.78, 5) is 10.7. The number of carbonyl (C=O) groups is 1. The maximum absolute atomic E-state index is 12.0. The van der Waals surface area contributed by atoms with Gasteiger partial charge in [0.25, 0.3) is 0 Å². The van der Waals surface area contributed by atoms with Crippen LogP contribution in [0, 0.1) is 0 Å². The third kappa shape index (κ3) is 2.23. The number of benzene rings is 1. The molecule has 0 heterocycles. The van der Waals surface area contributed by atoms with E-state index < -0.39 is 16.0 Å². The summed E-state index contributed by atoms with van der Waals surface area (Å²) in [7, 11) is -2.30. The lowest BCUT2D eigenvalue weighted by Crippen LogP contribution is -2.28. The quantitative estimate of drug-likeness (QED) is 0.856. The Bertz CT molecular complexity index is 495. The van der Waals surface area contributed by atoms with Crippen molar-refractivity contribution in [2.75, 3.05) is 13.6 Å². The molecular formula is C10H13NO4S. The van der Waals surface area contributed by atoms with Crippen LogP contribution < -0.4 is 0 Å². The first-order valence-electron chi connectivity index (χ1n) is 4.70. The maximum atomic E-state index is 12.0. The third-order valence-corrected chi connectivity index (χ3v) is 4.24. The molecule has 1 N–H and O–H groups in total. The molecule has 88 valence electrons. The lowest BCUT2D eigenvalue weighted by Gasteiger charge is -2.16. The van der Waals surface area contributed by atoms with Crippen LogP contribution in [0.1, 0.15) is 17.3 Å². The summed E-state index contributed by atoms with van der Waals surface area (Å²) in [6.45, 7) is 1.97. The molecule has 0 aromatic heterocycles. The fraction of sp³-hybridized carbons (Fsp3) is 0.300. The van der Waals surface area contributed by atoms with E-state index in [-0.39, 0.29) is 17.0 Å². The van der Waals surface area contributed by atoms with Crippen LogP contribution >= 0.6 is 0 Å². The van der Waals surface area contributed by atoms with Gasteiger partial charge in [-0.1, -0.05) is 19.1 Å². The molecule has 0 aliphatic heterocycles. The zero-order chi connectivity index (χ0) is 12.3. The first-order valence-corrected chi connectivity index (χ1v) is 6.14. The Morgan fingerprint density at radius 1 is 1.38 bits per heavy atom. The minimum atomic E-state index is -3.71. The predicted molar refractivity (Wildman–Crippen MR) is 58.9 cm³/mol. The Morgan fingerprint density at radius 3 is 2.44 bits per heavy atom. The molecule has 1 rings (SSSR count). The molecule has 0 saturated carbocycles. The van der Waals surface area contributed by atoms with Gasteiger partial charge in [0.1, 0.15) is 0 Å². The molecule has 0 amide bonds. The van der Waals surface area contributed by atoms with Gasteiger partial charge in [0, 0.05) is 13.6 Å². The highest BCUT2D eigenvalue weighted by atomic mass is 32.2. The smallest absolute Gasteiger partial charge is 0.337 e. The van der Waals surface area contributed by atoms with E-state index in [0.29, 0.717) is 0 Å². The highest BCUT2D eigenvalue weighted by molar-refractivity contribution is 7.89. The van der Waals surface area contributed by atoms with Gasteiger partial charge in [-0.05, 0) is 12.1 Å². The summed E-state index contributed by atoms with van der Waals surface area (Å²) < 4.78 is 25.0. The van der Waals surface area contributed by atoms with Crippen molar-refractivity contribution in [1.82, 2.24) is 4.31 Å². The Labute approximate surface area is 94.4 Å². The van der Waals surface area contributed by atoms with Crippen molar-refractivity contribution >= 4 is 16.0 Å². The van der Waals surface area contributed by atoms with Crippen molar-refractivity contribution in [1.29, 1.82) is 0 Å². The fourth-order valence-electron chi connectivity index (χ4n) is 1.21. The molecule has 0 spiro atoms. The monoisotopic (exact) mass is 243 g/mol. The number of sulfonamides is 1. The fourth-order valence-corrected chi connectivity index (χ4v) is 2.57. The summed E-state index contributed by atoms with van der Waals surface area (Å²) >= 11 is 0. The van der Waals surface area contributed by atoms with E-state index in [2.05, 4.69) is 0 Å². The molecule has 0 fully saturated rings. The van der Waals surface area contributed by atoms with Gasteiger partial charge in [-0.25, -0.2) is 17.5 Å². The Morgan fingerprint density at radius 2 is 1.94 bits per heavy atom. The zero-order valence-electron chi connectivity index (χ0n) is 9.04. The van der Waals surface area contributed by atoms with Crippen LogP contribution in [0.15, 0.2) is 29.2 Å². The number of carboxylic acids is 1. The molecule has 0 aliphatic carbocycles. The van der Waals surface area contributed by atoms with Crippen LogP contribution in [0.25, 0.3) is 0 Å². The lowest BCUT2D eigenvalue weighted by atomic mass is 10.2. The number of hydrogen-bond donors (Lipinski definition) is 1. The van der Waals surface area contributed by atoms with E-state index in [1.165, 1.54) is 31.3 Å². The van der Waals surface area contributed by atoms with E-state index in [9.17, 15) is 13.2 Å². The van der Waals surface area contributed by atoms with Gasteiger partial charge in [-0.3, -0.25) is 0 Å². The van der Waals surface area contributed by atoms with Crippen LogP contribution in [0.5, 0.6) is 0 Å². The molecule has 0 aliphatic rings.